The van der Waals surface area contributed by atoms with Gasteiger partial charge in [-0.1, -0.05) is 32.9 Å². The van der Waals surface area contributed by atoms with Crippen LogP contribution >= 0.6 is 0 Å². The van der Waals surface area contributed by atoms with Gasteiger partial charge in [0.05, 0.1) is 19.2 Å². The van der Waals surface area contributed by atoms with Crippen molar-refractivity contribution in [3.8, 4) is 16.9 Å². The number of carboxylic acid groups (broad SMARTS) is 1. The second-order valence-corrected chi connectivity index (χ2v) is 18.6. The minimum Gasteiger partial charge on any atom is -0.488 e. The van der Waals surface area contributed by atoms with E-state index in [2.05, 4.69) is 43.8 Å². The zero-order valence-corrected chi connectivity index (χ0v) is 28.1. The lowest BCUT2D eigenvalue weighted by Crippen LogP contribution is -2.48. The third-order valence-electron chi connectivity index (χ3n) is 8.16. The highest BCUT2D eigenvalue weighted by Gasteiger charge is 2.41. The van der Waals surface area contributed by atoms with Crippen LogP contribution in [0.5, 0.6) is 5.75 Å². The van der Waals surface area contributed by atoms with E-state index in [1.165, 1.54) is 6.20 Å². The summed E-state index contributed by atoms with van der Waals surface area (Å²) in [4.78, 5) is 35.0. The Morgan fingerprint density at radius 1 is 1.07 bits per heavy atom. The lowest BCUT2D eigenvalue weighted by atomic mass is 9.97. The first kappa shape index (κ1) is 33.1. The predicted molar refractivity (Wildman–Crippen MR) is 172 cm³/mol. The molecule has 2 atom stereocenters. The number of rotatable bonds is 9. The van der Waals surface area contributed by atoms with Crippen molar-refractivity contribution in [2.75, 3.05) is 13.1 Å². The number of carboxylic acids is 1. The minimum absolute atomic E-state index is 0.000825. The summed E-state index contributed by atoms with van der Waals surface area (Å²) in [6.07, 6.45) is 5.45. The van der Waals surface area contributed by atoms with Gasteiger partial charge in [0.15, 0.2) is 8.32 Å². The molecule has 0 fully saturated rings. The number of ether oxygens (including phenoxy) is 2. The van der Waals surface area contributed by atoms with Crippen LogP contribution in [0.25, 0.3) is 11.1 Å². The van der Waals surface area contributed by atoms with Crippen molar-refractivity contribution in [2.24, 2.45) is 0 Å². The van der Waals surface area contributed by atoms with Gasteiger partial charge in [0.25, 0.3) is 0 Å². The predicted octanol–water partition coefficient (Wildman–Crippen LogP) is 7.54. The number of nitrogens with zero attached hydrogens (tertiary/aromatic N) is 3. The van der Waals surface area contributed by atoms with Gasteiger partial charge in [-0.05, 0) is 104 Å². The molecule has 2 aromatic heterocycles. The number of fused-ring (bicyclic) bond motifs is 1. The highest BCUT2D eigenvalue weighted by molar-refractivity contribution is 6.74. The largest absolute Gasteiger partial charge is 0.488 e. The van der Waals surface area contributed by atoms with Crippen molar-refractivity contribution in [1.82, 2.24) is 14.9 Å². The highest BCUT2D eigenvalue weighted by atomic mass is 28.4. The molecular weight excluding hydrogens is 574 g/mol. The average molecular weight is 620 g/mol. The summed E-state index contributed by atoms with van der Waals surface area (Å²) < 4.78 is 19.2. The standard InChI is InChI=1S/C34H45N3O6Si/c1-33(2,3)42-32(40)37(22-30(26-10-9-16-35-20-26)43-44(7,8)34(4,5)6)21-27-13-11-25-18-23(12-14-29(25)41-27)24-15-17-36-28(19-24)31(38)39/h9-10,12,14-20,27,30H,11,13,21-22H2,1-8H3,(H,38,39)/t27-,30+/m1/s1. The normalized spacial score (nSPS) is 16.0. The second-order valence-electron chi connectivity index (χ2n) is 13.9. The molecule has 0 radical (unpaired) electrons. The van der Waals surface area contributed by atoms with E-state index in [0.29, 0.717) is 19.5 Å². The van der Waals surface area contributed by atoms with Gasteiger partial charge in [-0.15, -0.1) is 0 Å². The molecule has 10 heteroatoms. The van der Waals surface area contributed by atoms with Gasteiger partial charge in [-0.3, -0.25) is 4.98 Å². The summed E-state index contributed by atoms with van der Waals surface area (Å²) in [6.45, 7) is 17.2. The first-order valence-electron chi connectivity index (χ1n) is 15.1. The van der Waals surface area contributed by atoms with Crippen LogP contribution in [0.4, 0.5) is 4.79 Å². The summed E-state index contributed by atoms with van der Waals surface area (Å²) in [5.41, 5.74) is 2.96. The third-order valence-corrected chi connectivity index (χ3v) is 12.6. The molecule has 3 heterocycles. The molecule has 0 aliphatic carbocycles. The summed E-state index contributed by atoms with van der Waals surface area (Å²) in [7, 11) is -2.22. The molecule has 0 saturated carbocycles. The monoisotopic (exact) mass is 619 g/mol. The first-order valence-corrected chi connectivity index (χ1v) is 18.0. The molecule has 236 valence electrons. The van der Waals surface area contributed by atoms with Crippen molar-refractivity contribution in [1.29, 1.82) is 0 Å². The zero-order chi connectivity index (χ0) is 32.3. The molecular formula is C34H45N3O6Si. The van der Waals surface area contributed by atoms with Crippen LogP contribution in [-0.2, 0) is 15.6 Å². The Balaban J connectivity index is 1.57. The Labute approximate surface area is 261 Å². The van der Waals surface area contributed by atoms with Crippen LogP contribution < -0.4 is 4.74 Å². The summed E-state index contributed by atoms with van der Waals surface area (Å²) >= 11 is 0. The van der Waals surface area contributed by atoms with E-state index < -0.39 is 26.0 Å². The van der Waals surface area contributed by atoms with Gasteiger partial charge in [-0.2, -0.15) is 0 Å². The number of pyridine rings is 2. The van der Waals surface area contributed by atoms with Gasteiger partial charge in [0, 0.05) is 18.6 Å². The molecule has 3 aromatic rings. The molecule has 0 unspecified atom stereocenters. The van der Waals surface area contributed by atoms with Gasteiger partial charge in [0.2, 0.25) is 0 Å². The Kier molecular flexibility index (Phi) is 9.85. The van der Waals surface area contributed by atoms with Gasteiger partial charge in [0.1, 0.15) is 23.1 Å². The molecule has 1 aromatic carbocycles. The smallest absolute Gasteiger partial charge is 0.410 e. The van der Waals surface area contributed by atoms with Crippen molar-refractivity contribution >= 4 is 20.4 Å². The number of hydrogen-bond acceptors (Lipinski definition) is 7. The molecule has 0 bridgehead atoms. The highest BCUT2D eigenvalue weighted by Crippen LogP contribution is 2.40. The molecule has 1 N–H and O–H groups in total. The molecule has 44 heavy (non-hydrogen) atoms. The number of benzene rings is 1. The van der Waals surface area contributed by atoms with Crippen LogP contribution in [0.3, 0.4) is 0 Å². The average Bonchev–Trinajstić information content (AvgIpc) is 2.95. The maximum atomic E-state index is 13.6. The molecule has 1 aliphatic rings. The number of amides is 1. The van der Waals surface area contributed by atoms with E-state index in [-0.39, 0.29) is 22.9 Å². The Bertz CT molecular complexity index is 1470. The fourth-order valence-corrected chi connectivity index (χ4v) is 6.06. The topological polar surface area (TPSA) is 111 Å². The summed E-state index contributed by atoms with van der Waals surface area (Å²) in [5, 5.41) is 9.31. The zero-order valence-electron chi connectivity index (χ0n) is 27.1. The van der Waals surface area contributed by atoms with E-state index in [1.807, 2.05) is 51.1 Å². The first-order chi connectivity index (χ1) is 20.5. The fraction of sp³-hybridized carbons (Fsp3) is 0.471. The van der Waals surface area contributed by atoms with Crippen LogP contribution in [0.2, 0.25) is 18.1 Å². The van der Waals surface area contributed by atoms with E-state index in [1.54, 1.807) is 29.4 Å². The maximum Gasteiger partial charge on any atom is 0.410 e. The molecule has 9 nitrogen and oxygen atoms in total. The Hall–Kier alpha value is -3.76. The maximum absolute atomic E-state index is 13.6. The van der Waals surface area contributed by atoms with Crippen LogP contribution in [-0.4, -0.2) is 65.1 Å². The summed E-state index contributed by atoms with van der Waals surface area (Å²) in [6, 6.07) is 13.1. The van der Waals surface area contributed by atoms with Crippen molar-refractivity contribution in [3.63, 3.8) is 0 Å². The second kappa shape index (κ2) is 13.1. The van der Waals surface area contributed by atoms with Gasteiger partial charge in [-0.25, -0.2) is 14.6 Å². The molecule has 0 spiro atoms. The van der Waals surface area contributed by atoms with E-state index in [0.717, 1.165) is 34.4 Å². The molecule has 1 amide bonds. The number of aromatic carboxylic acids is 1. The molecule has 1 aliphatic heterocycles. The van der Waals surface area contributed by atoms with E-state index in [9.17, 15) is 14.7 Å². The Morgan fingerprint density at radius 2 is 1.80 bits per heavy atom. The van der Waals surface area contributed by atoms with Crippen LogP contribution in [0.15, 0.2) is 61.1 Å². The van der Waals surface area contributed by atoms with E-state index in [4.69, 9.17) is 13.9 Å². The SMILES string of the molecule is CC(C)(C)OC(=O)N(C[C@H]1CCc2cc(-c3ccnc(C(=O)O)c3)ccc2O1)C[C@H](O[Si](C)(C)C(C)(C)C)c1cccnc1. The number of hydrogen-bond donors (Lipinski definition) is 1. The van der Waals surface area contributed by atoms with Crippen molar-refractivity contribution in [3.05, 3.63) is 77.9 Å². The number of carbonyl (C=O) groups is 2. The lowest BCUT2D eigenvalue weighted by molar-refractivity contribution is 0.00490. The van der Waals surface area contributed by atoms with Crippen molar-refractivity contribution < 1.29 is 28.6 Å². The fourth-order valence-electron chi connectivity index (χ4n) is 4.79. The third kappa shape index (κ3) is 8.44. The molecule has 0 saturated heterocycles. The molecule has 4 rings (SSSR count). The van der Waals surface area contributed by atoms with E-state index >= 15 is 0 Å². The minimum atomic E-state index is -2.22. The lowest BCUT2D eigenvalue weighted by Gasteiger charge is -2.41. The number of aromatic nitrogens is 2. The number of aryl methyl sites for hydroxylation is 1. The van der Waals surface area contributed by atoms with Gasteiger partial charge >= 0.3 is 12.1 Å². The van der Waals surface area contributed by atoms with Crippen LogP contribution in [0.1, 0.15) is 75.7 Å². The van der Waals surface area contributed by atoms with Gasteiger partial charge < -0.3 is 23.9 Å². The Morgan fingerprint density at radius 3 is 2.43 bits per heavy atom. The van der Waals surface area contributed by atoms with Crippen LogP contribution in [0, 0.1) is 0 Å². The van der Waals surface area contributed by atoms with Crippen molar-refractivity contribution in [2.45, 2.75) is 90.3 Å². The summed E-state index contributed by atoms with van der Waals surface area (Å²) in [5.74, 6) is -0.311. The number of carbonyl (C=O) groups excluding carboxylic acids is 1. The quantitative estimate of drug-likeness (QED) is 0.245.